The molecule has 0 fully saturated rings. The first kappa shape index (κ1) is 25.4. The minimum absolute atomic E-state index is 0.111. The largest absolute Gasteiger partial charge is 0.495 e. The van der Waals surface area contributed by atoms with E-state index in [0.717, 1.165) is 4.31 Å². The zero-order valence-corrected chi connectivity index (χ0v) is 20.5. The van der Waals surface area contributed by atoms with Crippen LogP contribution in [0.25, 0.3) is 0 Å². The summed E-state index contributed by atoms with van der Waals surface area (Å²) in [5.41, 5.74) is 6.67. The van der Waals surface area contributed by atoms with Crippen molar-refractivity contribution < 1.29 is 22.7 Å². The van der Waals surface area contributed by atoms with E-state index in [-0.39, 0.29) is 31.9 Å². The van der Waals surface area contributed by atoms with Gasteiger partial charge in [0.15, 0.2) is 0 Å². The Hall–Kier alpha value is -3.27. The first-order chi connectivity index (χ1) is 16.0. The molecule has 11 heteroatoms. The SMILES string of the molecule is COc1ccc(C)cc1S(=O)(=O)N(CC(=O)Nc1ccc(C(N)=O)cc1)c1ccc(Cl)c(Cl)c1. The van der Waals surface area contributed by atoms with Crippen molar-refractivity contribution in [3.63, 3.8) is 0 Å². The van der Waals surface area contributed by atoms with Crippen LogP contribution in [0, 0.1) is 6.92 Å². The molecule has 3 aromatic carbocycles. The molecule has 0 saturated carbocycles. The van der Waals surface area contributed by atoms with Gasteiger partial charge in [0, 0.05) is 11.3 Å². The summed E-state index contributed by atoms with van der Waals surface area (Å²) in [6.07, 6.45) is 0. The Morgan fingerprint density at radius 2 is 1.68 bits per heavy atom. The number of aryl methyl sites for hydroxylation is 1. The zero-order chi connectivity index (χ0) is 25.0. The van der Waals surface area contributed by atoms with Crippen molar-refractivity contribution in [2.24, 2.45) is 5.73 Å². The molecule has 2 amide bonds. The Morgan fingerprint density at radius 3 is 2.26 bits per heavy atom. The number of nitrogens with one attached hydrogen (secondary N) is 1. The van der Waals surface area contributed by atoms with Gasteiger partial charge in [0.25, 0.3) is 10.0 Å². The van der Waals surface area contributed by atoms with E-state index in [2.05, 4.69) is 5.32 Å². The molecule has 0 atom stereocenters. The maximum atomic E-state index is 13.7. The summed E-state index contributed by atoms with van der Waals surface area (Å²) >= 11 is 12.1. The zero-order valence-electron chi connectivity index (χ0n) is 18.2. The molecule has 3 rings (SSSR count). The average molecular weight is 522 g/mol. The number of nitrogens with zero attached hydrogens (tertiary/aromatic N) is 1. The Balaban J connectivity index is 2.00. The fourth-order valence-electron chi connectivity index (χ4n) is 3.11. The van der Waals surface area contributed by atoms with Crippen LogP contribution < -0.4 is 20.1 Å². The quantitative estimate of drug-likeness (QED) is 0.459. The van der Waals surface area contributed by atoms with Crippen molar-refractivity contribution in [1.82, 2.24) is 0 Å². The molecule has 0 heterocycles. The minimum atomic E-state index is -4.27. The molecule has 0 bridgehead atoms. The second kappa shape index (κ2) is 10.3. The van der Waals surface area contributed by atoms with Crippen LogP contribution in [0.2, 0.25) is 10.0 Å². The van der Waals surface area contributed by atoms with Crippen LogP contribution in [-0.2, 0) is 14.8 Å². The third-order valence-corrected chi connectivity index (χ3v) is 7.35. The second-order valence-corrected chi connectivity index (χ2v) is 9.90. The fourth-order valence-corrected chi connectivity index (χ4v) is 5.06. The molecule has 3 N–H and O–H groups in total. The van der Waals surface area contributed by atoms with Crippen molar-refractivity contribution in [2.75, 3.05) is 23.3 Å². The molecule has 0 radical (unpaired) electrons. The lowest BCUT2D eigenvalue weighted by atomic mass is 10.2. The molecule has 0 saturated heterocycles. The number of carbonyl (C=O) groups excluding carboxylic acids is 2. The van der Waals surface area contributed by atoms with E-state index in [1.54, 1.807) is 13.0 Å². The van der Waals surface area contributed by atoms with E-state index < -0.39 is 28.4 Å². The molecule has 0 spiro atoms. The topological polar surface area (TPSA) is 119 Å². The van der Waals surface area contributed by atoms with Gasteiger partial charge in [-0.1, -0.05) is 29.3 Å². The molecule has 0 aliphatic carbocycles. The van der Waals surface area contributed by atoms with E-state index in [9.17, 15) is 18.0 Å². The predicted octanol–water partition coefficient (Wildman–Crippen LogP) is 4.24. The van der Waals surface area contributed by atoms with Crippen LogP contribution in [0.15, 0.2) is 65.6 Å². The number of hydrogen-bond donors (Lipinski definition) is 2. The molecule has 178 valence electrons. The number of amides is 2. The van der Waals surface area contributed by atoms with Crippen LogP contribution in [0.3, 0.4) is 0 Å². The van der Waals surface area contributed by atoms with Crippen molar-refractivity contribution in [1.29, 1.82) is 0 Å². The van der Waals surface area contributed by atoms with Crippen LogP contribution in [0.1, 0.15) is 15.9 Å². The van der Waals surface area contributed by atoms with E-state index in [0.29, 0.717) is 11.3 Å². The Morgan fingerprint density at radius 1 is 1.00 bits per heavy atom. The molecular formula is C23H21Cl2N3O5S. The molecular weight excluding hydrogens is 501 g/mol. The number of halogens is 2. The van der Waals surface area contributed by atoms with Gasteiger partial charge in [0.2, 0.25) is 11.8 Å². The molecule has 0 aliphatic heterocycles. The van der Waals surface area contributed by atoms with E-state index in [4.69, 9.17) is 33.7 Å². The predicted molar refractivity (Wildman–Crippen MR) is 132 cm³/mol. The third-order valence-electron chi connectivity index (χ3n) is 4.82. The monoisotopic (exact) mass is 521 g/mol. The fraction of sp³-hybridized carbons (Fsp3) is 0.130. The van der Waals surface area contributed by atoms with Crippen LogP contribution in [0.4, 0.5) is 11.4 Å². The van der Waals surface area contributed by atoms with Gasteiger partial charge in [-0.2, -0.15) is 0 Å². The normalized spacial score (nSPS) is 11.1. The number of hydrogen-bond acceptors (Lipinski definition) is 5. The van der Waals surface area contributed by atoms with Gasteiger partial charge in [0.1, 0.15) is 17.2 Å². The highest BCUT2D eigenvalue weighted by Crippen LogP contribution is 2.33. The first-order valence-corrected chi connectivity index (χ1v) is 12.0. The van der Waals surface area contributed by atoms with Gasteiger partial charge in [-0.25, -0.2) is 8.42 Å². The molecule has 8 nitrogen and oxygen atoms in total. The first-order valence-electron chi connectivity index (χ1n) is 9.85. The smallest absolute Gasteiger partial charge is 0.268 e. The summed E-state index contributed by atoms with van der Waals surface area (Å²) < 4.78 is 33.6. The van der Waals surface area contributed by atoms with Crippen molar-refractivity contribution in [3.8, 4) is 5.75 Å². The van der Waals surface area contributed by atoms with Gasteiger partial charge >= 0.3 is 0 Å². The lowest BCUT2D eigenvalue weighted by Gasteiger charge is -2.25. The minimum Gasteiger partial charge on any atom is -0.495 e. The molecule has 3 aromatic rings. The van der Waals surface area contributed by atoms with Gasteiger partial charge in [-0.05, 0) is 67.1 Å². The number of primary amides is 1. The highest BCUT2D eigenvalue weighted by atomic mass is 35.5. The highest BCUT2D eigenvalue weighted by molar-refractivity contribution is 7.93. The number of carbonyl (C=O) groups is 2. The van der Waals surface area contributed by atoms with E-state index in [1.807, 2.05) is 0 Å². The van der Waals surface area contributed by atoms with Crippen molar-refractivity contribution >= 4 is 56.4 Å². The number of rotatable bonds is 8. The van der Waals surface area contributed by atoms with Crippen LogP contribution >= 0.6 is 23.2 Å². The Kier molecular flexibility index (Phi) is 7.71. The van der Waals surface area contributed by atoms with Gasteiger partial charge < -0.3 is 15.8 Å². The van der Waals surface area contributed by atoms with Crippen LogP contribution in [0.5, 0.6) is 5.75 Å². The molecule has 0 aromatic heterocycles. The summed E-state index contributed by atoms with van der Waals surface area (Å²) in [4.78, 5) is 24.0. The number of ether oxygens (including phenoxy) is 1. The molecule has 34 heavy (non-hydrogen) atoms. The average Bonchev–Trinajstić information content (AvgIpc) is 2.79. The molecule has 0 aliphatic rings. The van der Waals surface area contributed by atoms with Gasteiger partial charge in [0.05, 0.1) is 22.8 Å². The third kappa shape index (κ3) is 5.61. The Labute approximate surface area is 207 Å². The number of nitrogens with two attached hydrogens (primary N) is 1. The summed E-state index contributed by atoms with van der Waals surface area (Å²) in [5, 5.41) is 2.96. The number of benzene rings is 3. The summed E-state index contributed by atoms with van der Waals surface area (Å²) in [5.74, 6) is -1.12. The lowest BCUT2D eigenvalue weighted by Crippen LogP contribution is -2.38. The summed E-state index contributed by atoms with van der Waals surface area (Å²) in [6.45, 7) is 1.17. The number of anilines is 2. The van der Waals surface area contributed by atoms with Crippen LogP contribution in [-0.4, -0.2) is 33.9 Å². The van der Waals surface area contributed by atoms with Gasteiger partial charge in [-0.15, -0.1) is 0 Å². The molecule has 0 unspecified atom stereocenters. The van der Waals surface area contributed by atoms with Gasteiger partial charge in [-0.3, -0.25) is 13.9 Å². The maximum absolute atomic E-state index is 13.7. The van der Waals surface area contributed by atoms with E-state index in [1.165, 1.54) is 61.7 Å². The maximum Gasteiger partial charge on any atom is 0.268 e. The van der Waals surface area contributed by atoms with Crippen molar-refractivity contribution in [2.45, 2.75) is 11.8 Å². The number of sulfonamides is 1. The van der Waals surface area contributed by atoms with Crippen molar-refractivity contribution in [3.05, 3.63) is 81.8 Å². The standard InChI is InChI=1S/C23H21Cl2N3O5S/c1-14-3-10-20(33-2)21(11-14)34(31,32)28(17-8-9-18(24)19(25)12-17)13-22(29)27-16-6-4-15(5-7-16)23(26)30/h3-12H,13H2,1-2H3,(H2,26,30)(H,27,29). The second-order valence-electron chi connectivity index (χ2n) is 7.25. The highest BCUT2D eigenvalue weighted by Gasteiger charge is 2.30. The summed E-state index contributed by atoms with van der Waals surface area (Å²) in [7, 11) is -2.91. The van der Waals surface area contributed by atoms with E-state index >= 15 is 0 Å². The lowest BCUT2D eigenvalue weighted by molar-refractivity contribution is -0.114. The Bertz CT molecular complexity index is 1350. The summed E-state index contributed by atoms with van der Waals surface area (Å²) in [6, 6.07) is 14.8. The number of methoxy groups -OCH3 is 1.